The van der Waals surface area contributed by atoms with Gasteiger partial charge in [0.25, 0.3) is 0 Å². The largest absolute Gasteiger partial charge is 0.398 e. The van der Waals surface area contributed by atoms with E-state index in [1.807, 2.05) is 0 Å². The maximum Gasteiger partial charge on any atom is 0.161 e. The van der Waals surface area contributed by atoms with Gasteiger partial charge in [0, 0.05) is 22.7 Å². The number of aromatic nitrogens is 1. The number of nitrogen functional groups attached to an aromatic ring is 1. The average molecular weight is 271 g/mol. The molecule has 1 heterocycles. The molecule has 0 saturated heterocycles. The molecule has 0 amide bonds. The monoisotopic (exact) mass is 270 g/mol. The van der Waals surface area contributed by atoms with E-state index in [-0.39, 0.29) is 10.0 Å². The Morgan fingerprint density at radius 2 is 2.00 bits per heavy atom. The number of fused-ring (bicyclic) bond motifs is 1. The first-order valence-corrected chi connectivity index (χ1v) is 6.07. The van der Waals surface area contributed by atoms with Gasteiger partial charge in [-0.05, 0) is 25.0 Å². The topological polar surface area (TPSA) is 38.9 Å². The summed E-state index contributed by atoms with van der Waals surface area (Å²) < 4.78 is 13.6. The smallest absolute Gasteiger partial charge is 0.161 e. The van der Waals surface area contributed by atoms with Crippen molar-refractivity contribution in [2.45, 2.75) is 18.8 Å². The summed E-state index contributed by atoms with van der Waals surface area (Å²) in [5.74, 6) is -0.169. The van der Waals surface area contributed by atoms with E-state index in [2.05, 4.69) is 4.98 Å². The summed E-state index contributed by atoms with van der Waals surface area (Å²) >= 11 is 11.7. The third-order valence-electron chi connectivity index (χ3n) is 2.98. The van der Waals surface area contributed by atoms with E-state index in [0.717, 1.165) is 18.5 Å². The predicted molar refractivity (Wildman–Crippen MR) is 68.1 cm³/mol. The Morgan fingerprint density at radius 1 is 1.29 bits per heavy atom. The van der Waals surface area contributed by atoms with Gasteiger partial charge in [-0.15, -0.1) is 0 Å². The molecule has 88 valence electrons. The second-order valence-electron chi connectivity index (χ2n) is 4.29. The summed E-state index contributed by atoms with van der Waals surface area (Å²) in [6, 6.07) is 3.25. The van der Waals surface area contributed by atoms with E-state index >= 15 is 0 Å². The summed E-state index contributed by atoms with van der Waals surface area (Å²) in [6.07, 6.45) is 2.25. The molecule has 0 aliphatic heterocycles. The van der Waals surface area contributed by atoms with Gasteiger partial charge < -0.3 is 5.73 Å². The fraction of sp³-hybridized carbons (Fsp3) is 0.250. The molecule has 2 nitrogen and oxygen atoms in total. The first-order valence-electron chi connectivity index (χ1n) is 5.31. The van der Waals surface area contributed by atoms with Gasteiger partial charge in [-0.25, -0.2) is 4.39 Å². The third kappa shape index (κ3) is 1.74. The van der Waals surface area contributed by atoms with E-state index in [4.69, 9.17) is 28.9 Å². The van der Waals surface area contributed by atoms with Gasteiger partial charge in [0.1, 0.15) is 0 Å². The summed E-state index contributed by atoms with van der Waals surface area (Å²) in [5, 5.41) is 0.361. The number of hydrogen-bond donors (Lipinski definition) is 1. The molecule has 0 unspecified atom stereocenters. The summed E-state index contributed by atoms with van der Waals surface area (Å²) in [6.45, 7) is 0. The maximum absolute atomic E-state index is 13.6. The van der Waals surface area contributed by atoms with Gasteiger partial charge in [-0.3, -0.25) is 4.98 Å². The SMILES string of the molecule is Nc1cc(C2CC2)nc2cc(Cl)c(F)c(Cl)c12. The van der Waals surface area contributed by atoms with Crippen LogP contribution in [0.15, 0.2) is 12.1 Å². The van der Waals surface area contributed by atoms with Gasteiger partial charge in [-0.1, -0.05) is 23.2 Å². The van der Waals surface area contributed by atoms with Gasteiger partial charge in [0.05, 0.1) is 15.6 Å². The zero-order chi connectivity index (χ0) is 12.2. The Kier molecular flexibility index (Phi) is 2.42. The number of nitrogens with zero attached hydrogens (tertiary/aromatic N) is 1. The lowest BCUT2D eigenvalue weighted by molar-refractivity contribution is 0.630. The van der Waals surface area contributed by atoms with Crippen molar-refractivity contribution in [3.05, 3.63) is 33.7 Å². The maximum atomic E-state index is 13.6. The second-order valence-corrected chi connectivity index (χ2v) is 5.08. The van der Waals surface area contributed by atoms with E-state index in [0.29, 0.717) is 22.5 Å². The van der Waals surface area contributed by atoms with E-state index in [1.54, 1.807) is 6.07 Å². The Balaban J connectivity index is 2.35. The van der Waals surface area contributed by atoms with Gasteiger partial charge in [0.2, 0.25) is 0 Å². The molecule has 0 radical (unpaired) electrons. The van der Waals surface area contributed by atoms with Crippen LogP contribution in [0.1, 0.15) is 24.5 Å². The molecule has 1 saturated carbocycles. The van der Waals surface area contributed by atoms with Gasteiger partial charge in [0.15, 0.2) is 5.82 Å². The van der Waals surface area contributed by atoms with Crippen LogP contribution in [0, 0.1) is 5.82 Å². The molecule has 0 bridgehead atoms. The second kappa shape index (κ2) is 3.72. The summed E-state index contributed by atoms with van der Waals surface area (Å²) in [5.41, 5.74) is 7.86. The van der Waals surface area contributed by atoms with Crippen molar-refractivity contribution >= 4 is 39.8 Å². The Hall–Kier alpha value is -1.06. The molecule has 2 N–H and O–H groups in total. The number of nitrogens with two attached hydrogens (primary N) is 1. The number of benzene rings is 1. The Morgan fingerprint density at radius 3 is 2.65 bits per heavy atom. The molecule has 0 spiro atoms. The first-order chi connectivity index (χ1) is 8.08. The molecule has 1 fully saturated rings. The van der Waals surface area contributed by atoms with Crippen molar-refractivity contribution in [2.24, 2.45) is 0 Å². The van der Waals surface area contributed by atoms with Crippen LogP contribution in [-0.2, 0) is 0 Å². The lowest BCUT2D eigenvalue weighted by Crippen LogP contribution is -1.96. The molecule has 5 heteroatoms. The molecular formula is C12H9Cl2FN2. The predicted octanol–water partition coefficient (Wildman–Crippen LogP) is 4.14. The molecule has 1 aromatic heterocycles. The lowest BCUT2D eigenvalue weighted by Gasteiger charge is -2.08. The highest BCUT2D eigenvalue weighted by molar-refractivity contribution is 6.39. The van der Waals surface area contributed by atoms with Crippen molar-refractivity contribution in [1.29, 1.82) is 0 Å². The van der Waals surface area contributed by atoms with Crippen LogP contribution in [0.2, 0.25) is 10.0 Å². The number of anilines is 1. The van der Waals surface area contributed by atoms with E-state index < -0.39 is 5.82 Å². The van der Waals surface area contributed by atoms with Crippen molar-refractivity contribution in [3.8, 4) is 0 Å². The molecule has 1 aromatic carbocycles. The highest BCUT2D eigenvalue weighted by Gasteiger charge is 2.26. The minimum absolute atomic E-state index is 0.0256. The van der Waals surface area contributed by atoms with Crippen molar-refractivity contribution in [3.63, 3.8) is 0 Å². The van der Waals surface area contributed by atoms with Crippen LogP contribution < -0.4 is 5.73 Å². The molecule has 2 aromatic rings. The fourth-order valence-electron chi connectivity index (χ4n) is 1.94. The molecule has 1 aliphatic carbocycles. The first kappa shape index (κ1) is 11.1. The molecule has 0 atom stereocenters. The number of pyridine rings is 1. The normalized spacial score (nSPS) is 15.5. The fourth-order valence-corrected chi connectivity index (χ4v) is 2.49. The Labute approximate surface area is 108 Å². The van der Waals surface area contributed by atoms with Crippen LogP contribution in [-0.4, -0.2) is 4.98 Å². The van der Waals surface area contributed by atoms with Crippen LogP contribution >= 0.6 is 23.2 Å². The highest BCUT2D eigenvalue weighted by atomic mass is 35.5. The van der Waals surface area contributed by atoms with Crippen LogP contribution in [0.3, 0.4) is 0 Å². The zero-order valence-corrected chi connectivity index (χ0v) is 10.3. The van der Waals surface area contributed by atoms with Crippen molar-refractivity contribution in [1.82, 2.24) is 4.98 Å². The standard InChI is InChI=1S/C12H9Cl2FN2/c13-6-3-9-10(11(14)12(6)15)7(16)4-8(17-9)5-1-2-5/h3-5H,1-2H2,(H2,16,17). The number of rotatable bonds is 1. The van der Waals surface area contributed by atoms with E-state index in [9.17, 15) is 4.39 Å². The molecule has 17 heavy (non-hydrogen) atoms. The number of hydrogen-bond acceptors (Lipinski definition) is 2. The van der Waals surface area contributed by atoms with Gasteiger partial charge >= 0.3 is 0 Å². The lowest BCUT2D eigenvalue weighted by atomic mass is 10.1. The molecular weight excluding hydrogens is 262 g/mol. The average Bonchev–Trinajstić information content (AvgIpc) is 3.08. The number of halogens is 3. The molecule has 1 aliphatic rings. The third-order valence-corrected chi connectivity index (χ3v) is 3.61. The zero-order valence-electron chi connectivity index (χ0n) is 8.80. The van der Waals surface area contributed by atoms with Crippen LogP contribution in [0.25, 0.3) is 10.9 Å². The molecule has 3 rings (SSSR count). The van der Waals surface area contributed by atoms with Crippen LogP contribution in [0.5, 0.6) is 0 Å². The quantitative estimate of drug-likeness (QED) is 0.791. The highest BCUT2D eigenvalue weighted by Crippen LogP contribution is 2.42. The summed E-state index contributed by atoms with van der Waals surface area (Å²) in [7, 11) is 0. The Bertz CT molecular complexity index is 624. The van der Waals surface area contributed by atoms with Crippen LogP contribution in [0.4, 0.5) is 10.1 Å². The van der Waals surface area contributed by atoms with Crippen molar-refractivity contribution in [2.75, 3.05) is 5.73 Å². The van der Waals surface area contributed by atoms with E-state index in [1.165, 1.54) is 6.07 Å². The van der Waals surface area contributed by atoms with Crippen molar-refractivity contribution < 1.29 is 4.39 Å². The van der Waals surface area contributed by atoms with Gasteiger partial charge in [-0.2, -0.15) is 0 Å². The minimum atomic E-state index is -0.645. The minimum Gasteiger partial charge on any atom is -0.398 e. The summed E-state index contributed by atoms with van der Waals surface area (Å²) in [4.78, 5) is 4.45.